The quantitative estimate of drug-likeness (QED) is 0.349. The van der Waals surface area contributed by atoms with Crippen LogP contribution in [0.4, 0.5) is 5.82 Å². The Labute approximate surface area is 186 Å². The van der Waals surface area contributed by atoms with Crippen LogP contribution in [0, 0.1) is 11.3 Å². The fraction of sp³-hybridized carbons (Fsp3) is 0.208. The molecule has 8 heteroatoms. The van der Waals surface area contributed by atoms with E-state index in [1.54, 1.807) is 53.0 Å². The van der Waals surface area contributed by atoms with Crippen molar-refractivity contribution in [1.29, 1.82) is 5.26 Å². The average Bonchev–Trinajstić information content (AvgIpc) is 3.20. The van der Waals surface area contributed by atoms with E-state index in [9.17, 15) is 5.26 Å². The Morgan fingerprint density at radius 1 is 0.938 bits per heavy atom. The number of pyridine rings is 1. The summed E-state index contributed by atoms with van der Waals surface area (Å²) >= 11 is 0. The van der Waals surface area contributed by atoms with Gasteiger partial charge in [0.25, 0.3) is 0 Å². The first-order chi connectivity index (χ1) is 15.6. The normalized spacial score (nSPS) is 11.5. The Morgan fingerprint density at radius 3 is 2.31 bits per heavy atom. The number of fused-ring (bicyclic) bond motifs is 3. The van der Waals surface area contributed by atoms with Gasteiger partial charge in [-0.25, -0.2) is 4.98 Å². The molecule has 1 aromatic heterocycles. The van der Waals surface area contributed by atoms with Crippen molar-refractivity contribution >= 4 is 12.0 Å². The van der Waals surface area contributed by atoms with Crippen LogP contribution in [0.1, 0.15) is 22.3 Å². The van der Waals surface area contributed by atoms with Gasteiger partial charge in [0.1, 0.15) is 11.6 Å². The maximum Gasteiger partial charge on any atom is 0.164 e. The fourth-order valence-corrected chi connectivity index (χ4v) is 3.79. The Balaban J connectivity index is 1.66. The van der Waals surface area contributed by atoms with Crippen molar-refractivity contribution in [2.24, 2.45) is 5.10 Å². The molecule has 0 bridgehead atoms. The number of nitriles is 1. The Hall–Kier alpha value is -4.25. The first-order valence-electron chi connectivity index (χ1n) is 9.81. The summed E-state index contributed by atoms with van der Waals surface area (Å²) in [5, 5.41) is 14.2. The van der Waals surface area contributed by atoms with Crippen LogP contribution in [0.2, 0.25) is 0 Å². The molecule has 0 aliphatic heterocycles. The van der Waals surface area contributed by atoms with Gasteiger partial charge in [-0.3, -0.25) is 5.43 Å². The van der Waals surface area contributed by atoms with E-state index in [0.717, 1.165) is 27.8 Å². The van der Waals surface area contributed by atoms with Gasteiger partial charge in [-0.2, -0.15) is 10.4 Å². The predicted octanol–water partition coefficient (Wildman–Crippen LogP) is 4.00. The molecule has 0 amide bonds. The number of nitrogens with zero attached hydrogens (tertiary/aromatic N) is 3. The van der Waals surface area contributed by atoms with Gasteiger partial charge in [-0.1, -0.05) is 0 Å². The molecular weight excluding hydrogens is 408 g/mol. The first kappa shape index (κ1) is 21.0. The second-order valence-electron chi connectivity index (χ2n) is 7.02. The van der Waals surface area contributed by atoms with Gasteiger partial charge in [0.05, 0.1) is 34.7 Å². The lowest BCUT2D eigenvalue weighted by Gasteiger charge is -2.12. The van der Waals surface area contributed by atoms with Crippen LogP contribution in [0.5, 0.6) is 23.0 Å². The number of benzene rings is 2. The van der Waals surface area contributed by atoms with E-state index in [2.05, 4.69) is 21.6 Å². The van der Waals surface area contributed by atoms with Gasteiger partial charge in [-0.05, 0) is 52.6 Å². The zero-order valence-corrected chi connectivity index (χ0v) is 18.2. The highest BCUT2D eigenvalue weighted by atomic mass is 16.5. The van der Waals surface area contributed by atoms with E-state index in [-0.39, 0.29) is 0 Å². The van der Waals surface area contributed by atoms with Crippen molar-refractivity contribution in [3.63, 3.8) is 0 Å². The van der Waals surface area contributed by atoms with Gasteiger partial charge in [-0.15, -0.1) is 0 Å². The Bertz CT molecular complexity index is 1250. The number of hydrogen-bond donors (Lipinski definition) is 1. The van der Waals surface area contributed by atoms with Gasteiger partial charge >= 0.3 is 0 Å². The lowest BCUT2D eigenvalue weighted by Crippen LogP contribution is -2.00. The molecule has 0 atom stereocenters. The summed E-state index contributed by atoms with van der Waals surface area (Å²) in [6, 6.07) is 11.6. The molecule has 0 radical (unpaired) electrons. The number of hydrogen-bond acceptors (Lipinski definition) is 8. The maximum atomic E-state index is 9.91. The Morgan fingerprint density at radius 2 is 1.62 bits per heavy atom. The van der Waals surface area contributed by atoms with Crippen molar-refractivity contribution in [3.05, 3.63) is 58.8 Å². The molecule has 0 saturated heterocycles. The monoisotopic (exact) mass is 430 g/mol. The van der Waals surface area contributed by atoms with Crippen LogP contribution in [-0.2, 0) is 6.42 Å². The summed E-state index contributed by atoms with van der Waals surface area (Å²) in [6.45, 7) is 0. The largest absolute Gasteiger partial charge is 0.493 e. The second kappa shape index (κ2) is 8.86. The minimum atomic E-state index is 0.380. The van der Waals surface area contributed by atoms with E-state index < -0.39 is 0 Å². The summed E-state index contributed by atoms with van der Waals surface area (Å²) in [7, 11) is 6.35. The van der Waals surface area contributed by atoms with E-state index in [1.165, 1.54) is 0 Å². The fourth-order valence-electron chi connectivity index (χ4n) is 3.79. The minimum Gasteiger partial charge on any atom is -0.493 e. The van der Waals surface area contributed by atoms with Crippen molar-refractivity contribution in [3.8, 4) is 40.2 Å². The first-order valence-corrected chi connectivity index (χ1v) is 9.81. The standard InChI is InChI=1S/C24H22N4O4/c1-29-19-6-5-14(7-20(19)30-2)12-27-28-24-18(11-25)23-16(13-26-24)8-15-9-21(31-3)22(32-4)10-17(15)23/h5-7,9-10,12-13H,8H2,1-4H3,(H,26,28)/b27-12+. The Kier molecular flexibility index (Phi) is 5.81. The molecule has 4 rings (SSSR count). The zero-order valence-electron chi connectivity index (χ0n) is 18.2. The van der Waals surface area contributed by atoms with Crippen LogP contribution in [0.25, 0.3) is 11.1 Å². The van der Waals surface area contributed by atoms with Crippen LogP contribution < -0.4 is 24.4 Å². The molecule has 1 aliphatic carbocycles. The number of rotatable bonds is 7. The lowest BCUT2D eigenvalue weighted by molar-refractivity contribution is 0.355. The third-order valence-corrected chi connectivity index (χ3v) is 5.32. The molecule has 0 spiro atoms. The number of nitrogens with one attached hydrogen (secondary N) is 1. The van der Waals surface area contributed by atoms with E-state index in [4.69, 9.17) is 18.9 Å². The number of ether oxygens (including phenoxy) is 4. The highest BCUT2D eigenvalue weighted by molar-refractivity contribution is 5.87. The average molecular weight is 430 g/mol. The minimum absolute atomic E-state index is 0.380. The van der Waals surface area contributed by atoms with Crippen molar-refractivity contribution < 1.29 is 18.9 Å². The molecule has 1 N–H and O–H groups in total. The molecule has 162 valence electrons. The predicted molar refractivity (Wildman–Crippen MR) is 121 cm³/mol. The van der Waals surface area contributed by atoms with E-state index in [0.29, 0.717) is 40.8 Å². The van der Waals surface area contributed by atoms with Gasteiger partial charge in [0, 0.05) is 18.2 Å². The zero-order chi connectivity index (χ0) is 22.7. The summed E-state index contributed by atoms with van der Waals surface area (Å²) in [5.74, 6) is 2.89. The molecular formula is C24H22N4O4. The molecule has 2 aromatic carbocycles. The van der Waals surface area contributed by atoms with E-state index >= 15 is 0 Å². The SMILES string of the molecule is COc1ccc(/C=N/Nc2ncc3c(c2C#N)-c2cc(OC)c(OC)cc2C3)cc1OC. The summed E-state index contributed by atoms with van der Waals surface area (Å²) < 4.78 is 21.4. The van der Waals surface area contributed by atoms with E-state index in [1.807, 2.05) is 18.2 Å². The second-order valence-corrected chi connectivity index (χ2v) is 7.02. The molecule has 0 saturated carbocycles. The lowest BCUT2D eigenvalue weighted by atomic mass is 10.0. The van der Waals surface area contributed by atoms with Crippen LogP contribution in [-0.4, -0.2) is 39.6 Å². The maximum absolute atomic E-state index is 9.91. The summed E-state index contributed by atoms with van der Waals surface area (Å²) in [5.41, 5.74) is 7.93. The van der Waals surface area contributed by atoms with Gasteiger partial charge in [0.15, 0.2) is 28.8 Å². The van der Waals surface area contributed by atoms with Crippen LogP contribution >= 0.6 is 0 Å². The van der Waals surface area contributed by atoms with Crippen molar-refractivity contribution in [1.82, 2.24) is 4.98 Å². The van der Waals surface area contributed by atoms with Gasteiger partial charge in [0.2, 0.25) is 0 Å². The topological polar surface area (TPSA) is 98.0 Å². The highest BCUT2D eigenvalue weighted by Crippen LogP contribution is 2.45. The van der Waals surface area contributed by atoms with Crippen LogP contribution in [0.15, 0.2) is 41.6 Å². The smallest absolute Gasteiger partial charge is 0.164 e. The summed E-state index contributed by atoms with van der Waals surface area (Å²) in [6.07, 6.45) is 4.06. The third kappa shape index (κ3) is 3.65. The molecule has 32 heavy (non-hydrogen) atoms. The molecule has 0 unspecified atom stereocenters. The van der Waals surface area contributed by atoms with Crippen molar-refractivity contribution in [2.75, 3.05) is 33.9 Å². The molecule has 0 fully saturated rings. The highest BCUT2D eigenvalue weighted by Gasteiger charge is 2.26. The number of anilines is 1. The van der Waals surface area contributed by atoms with Gasteiger partial charge < -0.3 is 18.9 Å². The molecule has 1 heterocycles. The third-order valence-electron chi connectivity index (χ3n) is 5.32. The van der Waals surface area contributed by atoms with Crippen molar-refractivity contribution in [2.45, 2.75) is 6.42 Å². The number of hydrazone groups is 1. The molecule has 3 aromatic rings. The molecule has 8 nitrogen and oxygen atoms in total. The summed E-state index contributed by atoms with van der Waals surface area (Å²) in [4.78, 5) is 4.43. The van der Waals surface area contributed by atoms with Crippen LogP contribution in [0.3, 0.4) is 0 Å². The molecule has 1 aliphatic rings. The number of aromatic nitrogens is 1. The number of methoxy groups -OCH3 is 4.